The summed E-state index contributed by atoms with van der Waals surface area (Å²) in [4.78, 5) is 25.1. The number of carbonyl (C=O) groups excluding carboxylic acids is 1. The van der Waals surface area contributed by atoms with E-state index in [1.165, 1.54) is 23.6 Å². The van der Waals surface area contributed by atoms with Crippen molar-refractivity contribution in [1.82, 2.24) is 4.90 Å². The first-order valence-electron chi connectivity index (χ1n) is 6.78. The third-order valence-corrected chi connectivity index (χ3v) is 4.38. The molecule has 1 heterocycles. The van der Waals surface area contributed by atoms with E-state index in [2.05, 4.69) is 6.58 Å². The summed E-state index contributed by atoms with van der Waals surface area (Å²) in [6.07, 6.45) is 2.38. The van der Waals surface area contributed by atoms with Crippen molar-refractivity contribution < 1.29 is 19.4 Å². The van der Waals surface area contributed by atoms with E-state index >= 15 is 0 Å². The molecule has 0 radical (unpaired) electrons. The predicted molar refractivity (Wildman–Crippen MR) is 94.2 cm³/mol. The van der Waals surface area contributed by atoms with E-state index in [-0.39, 0.29) is 5.91 Å². The largest absolute Gasteiger partial charge is 0.479 e. The third kappa shape index (κ3) is 4.20. The summed E-state index contributed by atoms with van der Waals surface area (Å²) in [5.74, 6) is -0.777. The van der Waals surface area contributed by atoms with Gasteiger partial charge < -0.3 is 9.84 Å². The Morgan fingerprint density at radius 2 is 2.30 bits per heavy atom. The molecule has 120 valence electrons. The van der Waals surface area contributed by atoms with Gasteiger partial charge >= 0.3 is 5.97 Å². The monoisotopic (exact) mass is 349 g/mol. The van der Waals surface area contributed by atoms with Crippen LogP contribution in [0, 0.1) is 0 Å². The minimum Gasteiger partial charge on any atom is -0.479 e. The number of carbonyl (C=O) groups is 2. The van der Waals surface area contributed by atoms with Crippen LogP contribution in [0.1, 0.15) is 12.5 Å². The number of nitrogens with zero attached hydrogens (tertiary/aromatic N) is 1. The van der Waals surface area contributed by atoms with Crippen molar-refractivity contribution in [1.29, 1.82) is 0 Å². The van der Waals surface area contributed by atoms with E-state index < -0.39 is 12.1 Å². The average molecular weight is 349 g/mol. The molecule has 1 fully saturated rings. The molecular weight excluding hydrogens is 334 g/mol. The highest BCUT2D eigenvalue weighted by molar-refractivity contribution is 8.26. The number of carboxylic acid groups (broad SMARTS) is 1. The number of hydrogen-bond donors (Lipinski definition) is 1. The molecule has 1 aliphatic heterocycles. The normalized spacial score (nSPS) is 17.4. The summed E-state index contributed by atoms with van der Waals surface area (Å²) >= 11 is 6.40. The van der Waals surface area contributed by atoms with Crippen LogP contribution in [0.25, 0.3) is 6.08 Å². The Kier molecular flexibility index (Phi) is 5.57. The van der Waals surface area contributed by atoms with Gasteiger partial charge in [-0.05, 0) is 30.7 Å². The molecule has 1 aromatic carbocycles. The number of ether oxygens (including phenoxy) is 1. The number of carboxylic acids is 1. The molecule has 0 aliphatic carbocycles. The second-order valence-corrected chi connectivity index (χ2v) is 6.43. The molecule has 0 unspecified atom stereocenters. The summed E-state index contributed by atoms with van der Waals surface area (Å²) in [5.41, 5.74) is 0.735. The van der Waals surface area contributed by atoms with Crippen LogP contribution in [-0.4, -0.2) is 38.9 Å². The molecule has 23 heavy (non-hydrogen) atoms. The summed E-state index contributed by atoms with van der Waals surface area (Å²) in [6, 6.07) is 6.89. The molecule has 1 N–H and O–H groups in total. The highest BCUT2D eigenvalue weighted by Gasteiger charge is 2.30. The van der Waals surface area contributed by atoms with E-state index in [0.717, 1.165) is 5.56 Å². The van der Waals surface area contributed by atoms with Gasteiger partial charge in [0.05, 0.1) is 4.91 Å². The molecule has 7 heteroatoms. The molecule has 1 aliphatic rings. The lowest BCUT2D eigenvalue weighted by Gasteiger charge is -2.11. The van der Waals surface area contributed by atoms with Gasteiger partial charge in [-0.25, -0.2) is 4.79 Å². The number of thioether (sulfide) groups is 1. The first-order valence-corrected chi connectivity index (χ1v) is 8.00. The molecule has 1 aromatic rings. The van der Waals surface area contributed by atoms with Crippen molar-refractivity contribution >= 4 is 46.3 Å². The lowest BCUT2D eigenvalue weighted by Crippen LogP contribution is -2.27. The molecular formula is C16H15NO4S2. The first kappa shape index (κ1) is 17.2. The minimum atomic E-state index is -1.04. The van der Waals surface area contributed by atoms with Crippen LogP contribution in [0.5, 0.6) is 5.75 Å². The maximum Gasteiger partial charge on any atom is 0.344 e. The highest BCUT2D eigenvalue weighted by Crippen LogP contribution is 2.32. The van der Waals surface area contributed by atoms with Crippen LogP contribution in [0.15, 0.2) is 41.8 Å². The van der Waals surface area contributed by atoms with Crippen LogP contribution >= 0.6 is 24.0 Å². The molecule has 2 rings (SSSR count). The lowest BCUT2D eigenvalue weighted by molar-refractivity contribution is -0.144. The summed E-state index contributed by atoms with van der Waals surface area (Å²) < 4.78 is 5.81. The SMILES string of the molecule is C=CCN1C(=O)/C(=C/c2cccc(O[C@@H](C)C(=O)O)c2)SC1=S. The Morgan fingerprint density at radius 1 is 1.57 bits per heavy atom. The summed E-state index contributed by atoms with van der Waals surface area (Å²) in [5, 5.41) is 8.87. The zero-order valence-corrected chi connectivity index (χ0v) is 14.0. The number of amides is 1. The Balaban J connectivity index is 2.20. The van der Waals surface area contributed by atoms with Gasteiger partial charge in [0, 0.05) is 6.54 Å². The number of hydrogen-bond acceptors (Lipinski definition) is 5. The van der Waals surface area contributed by atoms with Crippen LogP contribution in [-0.2, 0) is 9.59 Å². The molecule has 0 spiro atoms. The minimum absolute atomic E-state index is 0.162. The second-order valence-electron chi connectivity index (χ2n) is 4.75. The highest BCUT2D eigenvalue weighted by atomic mass is 32.2. The predicted octanol–water partition coefficient (Wildman–Crippen LogP) is 2.93. The molecule has 1 saturated heterocycles. The zero-order chi connectivity index (χ0) is 17.0. The maximum absolute atomic E-state index is 12.3. The Hall–Kier alpha value is -2.12. The average Bonchev–Trinajstić information content (AvgIpc) is 2.75. The fraction of sp³-hybridized carbons (Fsp3) is 0.188. The van der Waals surface area contributed by atoms with Gasteiger partial charge in [-0.1, -0.05) is 42.2 Å². The van der Waals surface area contributed by atoms with Crippen molar-refractivity contribution in [3.63, 3.8) is 0 Å². The van der Waals surface area contributed by atoms with E-state index in [1.54, 1.807) is 36.4 Å². The first-order chi connectivity index (χ1) is 10.9. The zero-order valence-electron chi connectivity index (χ0n) is 12.4. The summed E-state index contributed by atoms with van der Waals surface area (Å²) in [7, 11) is 0. The van der Waals surface area contributed by atoms with Crippen LogP contribution in [0.2, 0.25) is 0 Å². The van der Waals surface area contributed by atoms with Gasteiger partial charge in [0.2, 0.25) is 0 Å². The molecule has 0 aromatic heterocycles. The maximum atomic E-state index is 12.3. The van der Waals surface area contributed by atoms with Crippen molar-refractivity contribution in [2.45, 2.75) is 13.0 Å². The topological polar surface area (TPSA) is 66.8 Å². The van der Waals surface area contributed by atoms with E-state index in [0.29, 0.717) is 21.5 Å². The van der Waals surface area contributed by atoms with E-state index in [4.69, 9.17) is 22.1 Å². The van der Waals surface area contributed by atoms with Crippen LogP contribution in [0.4, 0.5) is 0 Å². The molecule has 5 nitrogen and oxygen atoms in total. The second kappa shape index (κ2) is 7.43. The Morgan fingerprint density at radius 3 is 2.96 bits per heavy atom. The van der Waals surface area contributed by atoms with Gasteiger partial charge in [0.15, 0.2) is 6.10 Å². The Labute approximate surface area is 143 Å². The number of thiocarbonyl (C=S) groups is 1. The summed E-state index contributed by atoms with van der Waals surface area (Å²) in [6.45, 7) is 5.44. The fourth-order valence-corrected chi connectivity index (χ4v) is 3.15. The van der Waals surface area contributed by atoms with Crippen molar-refractivity contribution in [2.24, 2.45) is 0 Å². The number of rotatable bonds is 6. The fourth-order valence-electron chi connectivity index (χ4n) is 1.87. The van der Waals surface area contributed by atoms with Gasteiger partial charge in [0.1, 0.15) is 10.1 Å². The van der Waals surface area contributed by atoms with Gasteiger partial charge in [-0.2, -0.15) is 0 Å². The van der Waals surface area contributed by atoms with Gasteiger partial charge in [-0.15, -0.1) is 6.58 Å². The van der Waals surface area contributed by atoms with E-state index in [1.807, 2.05) is 0 Å². The number of aliphatic carboxylic acids is 1. The van der Waals surface area contributed by atoms with Crippen molar-refractivity contribution in [3.05, 3.63) is 47.4 Å². The number of benzene rings is 1. The Bertz CT molecular complexity index is 699. The smallest absolute Gasteiger partial charge is 0.344 e. The quantitative estimate of drug-likeness (QED) is 0.484. The third-order valence-electron chi connectivity index (χ3n) is 3.00. The molecule has 1 amide bonds. The standard InChI is InChI=1S/C16H15NO4S2/c1-3-7-17-14(18)13(23-16(17)22)9-11-5-4-6-12(8-11)21-10(2)15(19)20/h3-6,8-10H,1,7H2,2H3,(H,19,20)/b13-9-/t10-/m0/s1. The van der Waals surface area contributed by atoms with Crippen molar-refractivity contribution in [3.8, 4) is 5.75 Å². The van der Waals surface area contributed by atoms with Gasteiger partial charge in [-0.3, -0.25) is 9.69 Å². The lowest BCUT2D eigenvalue weighted by atomic mass is 10.2. The van der Waals surface area contributed by atoms with Crippen molar-refractivity contribution in [2.75, 3.05) is 6.54 Å². The molecule has 1 atom stereocenters. The van der Waals surface area contributed by atoms with Crippen LogP contribution in [0.3, 0.4) is 0 Å². The van der Waals surface area contributed by atoms with Crippen LogP contribution < -0.4 is 4.74 Å². The molecule has 0 bridgehead atoms. The molecule has 0 saturated carbocycles. The van der Waals surface area contributed by atoms with Gasteiger partial charge in [0.25, 0.3) is 5.91 Å². The van der Waals surface area contributed by atoms with E-state index in [9.17, 15) is 9.59 Å².